The van der Waals surface area contributed by atoms with Gasteiger partial charge in [-0.3, -0.25) is 14.4 Å². The first kappa shape index (κ1) is 20.9. The Morgan fingerprint density at radius 2 is 2.00 bits per heavy atom. The molecule has 8 heteroatoms. The Morgan fingerprint density at radius 3 is 2.71 bits per heavy atom. The standard InChI is InChI=1S/C20H19N3O4S/c1-14(19(26)23-20-16(13-21)10-12-28-20)27-18(25)9-11-22-17(24)8-7-15-5-3-2-4-6-15/h2-8,10,12,14H,9,11H2,1H3,(H,22,24)(H,23,26)/b8-7+/t14-/m1/s1. The Balaban J connectivity index is 1.70. The van der Waals surface area contributed by atoms with Crippen LogP contribution in [0.4, 0.5) is 5.00 Å². The van der Waals surface area contributed by atoms with Crippen molar-refractivity contribution >= 4 is 40.2 Å². The monoisotopic (exact) mass is 397 g/mol. The van der Waals surface area contributed by atoms with Gasteiger partial charge in [0.1, 0.15) is 11.1 Å². The van der Waals surface area contributed by atoms with Crippen LogP contribution in [0.15, 0.2) is 47.9 Å². The maximum absolute atomic E-state index is 12.0. The van der Waals surface area contributed by atoms with Crippen molar-refractivity contribution in [1.29, 1.82) is 5.26 Å². The molecule has 2 N–H and O–H groups in total. The van der Waals surface area contributed by atoms with Gasteiger partial charge in [0.05, 0.1) is 12.0 Å². The average Bonchev–Trinajstić information content (AvgIpc) is 3.14. The third-order valence-corrected chi connectivity index (χ3v) is 4.38. The van der Waals surface area contributed by atoms with Crippen molar-refractivity contribution in [3.05, 3.63) is 59.0 Å². The fourth-order valence-electron chi connectivity index (χ4n) is 2.10. The molecule has 1 heterocycles. The summed E-state index contributed by atoms with van der Waals surface area (Å²) < 4.78 is 5.05. The lowest BCUT2D eigenvalue weighted by atomic mass is 10.2. The van der Waals surface area contributed by atoms with Crippen LogP contribution in [0.3, 0.4) is 0 Å². The lowest BCUT2D eigenvalue weighted by Gasteiger charge is -2.13. The molecule has 0 bridgehead atoms. The lowest BCUT2D eigenvalue weighted by Crippen LogP contribution is -2.31. The van der Waals surface area contributed by atoms with Crippen molar-refractivity contribution in [2.45, 2.75) is 19.4 Å². The van der Waals surface area contributed by atoms with E-state index in [9.17, 15) is 14.4 Å². The summed E-state index contributed by atoms with van der Waals surface area (Å²) in [6.07, 6.45) is 1.96. The molecule has 1 aromatic heterocycles. The number of carbonyl (C=O) groups is 3. The number of hydrogen-bond donors (Lipinski definition) is 2. The van der Waals surface area contributed by atoms with E-state index in [1.165, 1.54) is 24.3 Å². The second-order valence-electron chi connectivity index (χ2n) is 5.68. The highest BCUT2D eigenvalue weighted by molar-refractivity contribution is 7.14. The minimum atomic E-state index is -1.02. The van der Waals surface area contributed by atoms with Crippen molar-refractivity contribution in [3.8, 4) is 6.07 Å². The fraction of sp³-hybridized carbons (Fsp3) is 0.200. The molecule has 0 aliphatic rings. The van der Waals surface area contributed by atoms with Gasteiger partial charge in [-0.2, -0.15) is 5.26 Å². The van der Waals surface area contributed by atoms with Gasteiger partial charge in [-0.1, -0.05) is 30.3 Å². The normalized spacial score (nSPS) is 11.4. The van der Waals surface area contributed by atoms with Gasteiger partial charge < -0.3 is 15.4 Å². The molecule has 1 aromatic carbocycles. The second kappa shape index (κ2) is 10.6. The second-order valence-corrected chi connectivity index (χ2v) is 6.60. The van der Waals surface area contributed by atoms with Gasteiger partial charge in [0.25, 0.3) is 5.91 Å². The van der Waals surface area contributed by atoms with Crippen LogP contribution in [-0.2, 0) is 19.1 Å². The highest BCUT2D eigenvalue weighted by atomic mass is 32.1. The third-order valence-electron chi connectivity index (χ3n) is 3.55. The molecule has 1 atom stereocenters. The first-order valence-corrected chi connectivity index (χ1v) is 9.36. The molecular weight excluding hydrogens is 378 g/mol. The summed E-state index contributed by atoms with van der Waals surface area (Å²) in [4.78, 5) is 35.6. The molecule has 7 nitrogen and oxygen atoms in total. The van der Waals surface area contributed by atoms with Crippen LogP contribution in [0, 0.1) is 11.3 Å². The Morgan fingerprint density at radius 1 is 1.25 bits per heavy atom. The number of anilines is 1. The van der Waals surface area contributed by atoms with Crippen LogP contribution in [0.1, 0.15) is 24.5 Å². The summed E-state index contributed by atoms with van der Waals surface area (Å²) in [5.74, 6) is -1.46. The molecule has 0 aliphatic carbocycles. The highest BCUT2D eigenvalue weighted by Crippen LogP contribution is 2.22. The largest absolute Gasteiger partial charge is 0.452 e. The summed E-state index contributed by atoms with van der Waals surface area (Å²) in [7, 11) is 0. The number of esters is 1. The topological polar surface area (TPSA) is 108 Å². The summed E-state index contributed by atoms with van der Waals surface area (Å²) >= 11 is 1.21. The van der Waals surface area contributed by atoms with Gasteiger partial charge in [-0.05, 0) is 30.0 Å². The van der Waals surface area contributed by atoms with Crippen LogP contribution in [0.5, 0.6) is 0 Å². The highest BCUT2D eigenvalue weighted by Gasteiger charge is 2.19. The summed E-state index contributed by atoms with van der Waals surface area (Å²) in [6, 6.07) is 12.9. The molecule has 2 aromatic rings. The number of nitrogens with one attached hydrogen (secondary N) is 2. The fourth-order valence-corrected chi connectivity index (χ4v) is 2.84. The van der Waals surface area contributed by atoms with Gasteiger partial charge >= 0.3 is 5.97 Å². The number of nitrogens with zero attached hydrogens (tertiary/aromatic N) is 1. The number of benzene rings is 1. The summed E-state index contributed by atoms with van der Waals surface area (Å²) in [6.45, 7) is 1.53. The van der Waals surface area contributed by atoms with Crippen molar-refractivity contribution in [1.82, 2.24) is 5.32 Å². The molecule has 144 valence electrons. The zero-order valence-corrected chi connectivity index (χ0v) is 16.0. The molecular formula is C20H19N3O4S. The molecule has 0 spiro atoms. The smallest absolute Gasteiger partial charge is 0.308 e. The van der Waals surface area contributed by atoms with Crippen LogP contribution < -0.4 is 10.6 Å². The third kappa shape index (κ3) is 6.70. The van der Waals surface area contributed by atoms with Crippen LogP contribution >= 0.6 is 11.3 Å². The zero-order valence-electron chi connectivity index (χ0n) is 15.2. The number of thiophene rings is 1. The molecule has 0 saturated carbocycles. The molecule has 0 aliphatic heterocycles. The molecule has 0 unspecified atom stereocenters. The van der Waals surface area contributed by atoms with Crippen molar-refractivity contribution in [2.75, 3.05) is 11.9 Å². The van der Waals surface area contributed by atoms with Gasteiger partial charge in [0.15, 0.2) is 6.10 Å². The molecule has 0 radical (unpaired) electrons. The molecule has 0 saturated heterocycles. The lowest BCUT2D eigenvalue weighted by molar-refractivity contribution is -0.153. The van der Waals surface area contributed by atoms with E-state index in [-0.39, 0.29) is 18.9 Å². The average molecular weight is 397 g/mol. The van der Waals surface area contributed by atoms with Crippen molar-refractivity contribution in [2.24, 2.45) is 0 Å². The Hall–Kier alpha value is -3.44. The van der Waals surface area contributed by atoms with Gasteiger partial charge in [-0.25, -0.2) is 0 Å². The Kier molecular flexibility index (Phi) is 7.93. The van der Waals surface area contributed by atoms with E-state index >= 15 is 0 Å². The Labute approximate surface area is 166 Å². The zero-order chi connectivity index (χ0) is 20.4. The maximum Gasteiger partial charge on any atom is 0.308 e. The maximum atomic E-state index is 12.0. The SMILES string of the molecule is C[C@@H](OC(=O)CCNC(=O)/C=C/c1ccccc1)C(=O)Nc1sccc1C#N. The minimum absolute atomic E-state index is 0.0645. The molecule has 28 heavy (non-hydrogen) atoms. The van der Waals surface area contributed by atoms with E-state index in [0.29, 0.717) is 10.6 Å². The van der Waals surface area contributed by atoms with Crippen molar-refractivity contribution < 1.29 is 19.1 Å². The summed E-state index contributed by atoms with van der Waals surface area (Å²) in [5, 5.41) is 16.2. The molecule has 0 fully saturated rings. The van der Waals surface area contributed by atoms with Gasteiger partial charge in [0.2, 0.25) is 5.91 Å². The number of nitriles is 1. The number of ether oxygens (including phenoxy) is 1. The van der Waals surface area contributed by atoms with E-state index in [2.05, 4.69) is 10.6 Å². The minimum Gasteiger partial charge on any atom is -0.452 e. The van der Waals surface area contributed by atoms with E-state index < -0.39 is 18.0 Å². The molecule has 2 amide bonds. The Bertz CT molecular complexity index is 900. The van der Waals surface area contributed by atoms with Crippen LogP contribution in [0.2, 0.25) is 0 Å². The number of amides is 2. The van der Waals surface area contributed by atoms with E-state index in [1.807, 2.05) is 36.4 Å². The van der Waals surface area contributed by atoms with Gasteiger partial charge in [0, 0.05) is 12.6 Å². The number of rotatable bonds is 8. The van der Waals surface area contributed by atoms with E-state index in [4.69, 9.17) is 10.00 Å². The summed E-state index contributed by atoms with van der Waals surface area (Å²) in [5.41, 5.74) is 1.24. The van der Waals surface area contributed by atoms with E-state index in [0.717, 1.165) is 5.56 Å². The van der Waals surface area contributed by atoms with Crippen LogP contribution in [0.25, 0.3) is 6.08 Å². The first-order valence-electron chi connectivity index (χ1n) is 8.48. The van der Waals surface area contributed by atoms with Gasteiger partial charge in [-0.15, -0.1) is 11.3 Å². The van der Waals surface area contributed by atoms with E-state index in [1.54, 1.807) is 17.5 Å². The molecule has 2 rings (SSSR count). The van der Waals surface area contributed by atoms with Crippen molar-refractivity contribution in [3.63, 3.8) is 0 Å². The number of hydrogen-bond acceptors (Lipinski definition) is 6. The predicted octanol–water partition coefficient (Wildman–Crippen LogP) is 2.71. The quantitative estimate of drug-likeness (QED) is 0.526. The first-order chi connectivity index (χ1) is 13.5. The van der Waals surface area contributed by atoms with Crippen LogP contribution in [-0.4, -0.2) is 30.4 Å². The number of carbonyl (C=O) groups excluding carboxylic acids is 3. The predicted molar refractivity (Wildman–Crippen MR) is 106 cm³/mol.